The summed E-state index contributed by atoms with van der Waals surface area (Å²) in [6.07, 6.45) is 0. The van der Waals surface area contributed by atoms with Gasteiger partial charge in [0.25, 0.3) is 0 Å². The Morgan fingerprint density at radius 2 is 2.12 bits per heavy atom. The normalized spacial score (nSPS) is 11.1. The molecule has 3 N–H and O–H groups in total. The van der Waals surface area contributed by atoms with E-state index in [9.17, 15) is 4.39 Å². The largest absolute Gasteiger partial charge is 0.384 e. The molecule has 3 nitrogen and oxygen atoms in total. The molecular formula is C12H18FN3. The maximum Gasteiger partial charge on any atom is 0.138 e. The van der Waals surface area contributed by atoms with Gasteiger partial charge in [-0.3, -0.25) is 10.3 Å². The van der Waals surface area contributed by atoms with Crippen LogP contribution in [0.4, 0.5) is 4.39 Å². The van der Waals surface area contributed by atoms with Crippen LogP contribution in [0.1, 0.15) is 25.0 Å². The lowest BCUT2D eigenvalue weighted by Gasteiger charge is -2.21. The van der Waals surface area contributed by atoms with Gasteiger partial charge in [0.2, 0.25) is 0 Å². The highest BCUT2D eigenvalue weighted by Crippen LogP contribution is 2.15. The molecule has 0 atom stereocenters. The van der Waals surface area contributed by atoms with Crippen molar-refractivity contribution >= 4 is 5.84 Å². The summed E-state index contributed by atoms with van der Waals surface area (Å²) < 4.78 is 13.9. The molecular weight excluding hydrogens is 205 g/mol. The quantitative estimate of drug-likeness (QED) is 0.605. The van der Waals surface area contributed by atoms with Gasteiger partial charge in [-0.2, -0.15) is 0 Å². The zero-order chi connectivity index (χ0) is 12.3. The van der Waals surface area contributed by atoms with E-state index in [1.165, 1.54) is 6.07 Å². The molecule has 0 aliphatic heterocycles. The molecule has 1 aromatic carbocycles. The van der Waals surface area contributed by atoms with Crippen molar-refractivity contribution < 1.29 is 4.39 Å². The molecule has 0 unspecified atom stereocenters. The number of hydrogen-bond acceptors (Lipinski definition) is 2. The van der Waals surface area contributed by atoms with E-state index in [1.54, 1.807) is 12.1 Å². The summed E-state index contributed by atoms with van der Waals surface area (Å²) in [6.45, 7) is 4.62. The van der Waals surface area contributed by atoms with Gasteiger partial charge in [0.1, 0.15) is 11.7 Å². The molecule has 1 rings (SSSR count). The number of rotatable bonds is 4. The first kappa shape index (κ1) is 12.6. The maximum atomic E-state index is 13.9. The fraction of sp³-hybridized carbons (Fsp3) is 0.417. The molecule has 0 bridgehead atoms. The molecule has 0 aliphatic rings. The Labute approximate surface area is 95.6 Å². The van der Waals surface area contributed by atoms with E-state index in [0.29, 0.717) is 18.2 Å². The van der Waals surface area contributed by atoms with Gasteiger partial charge in [-0.25, -0.2) is 4.39 Å². The number of nitrogens with two attached hydrogens (primary N) is 1. The lowest BCUT2D eigenvalue weighted by Crippen LogP contribution is -2.26. The van der Waals surface area contributed by atoms with Crippen LogP contribution < -0.4 is 5.73 Å². The number of hydrogen-bond donors (Lipinski definition) is 2. The fourth-order valence-corrected chi connectivity index (χ4v) is 1.36. The molecule has 0 fully saturated rings. The van der Waals surface area contributed by atoms with Crippen molar-refractivity contribution in [3.8, 4) is 0 Å². The number of amidine groups is 1. The highest BCUT2D eigenvalue weighted by Gasteiger charge is 2.12. The van der Waals surface area contributed by atoms with E-state index in [2.05, 4.69) is 0 Å². The van der Waals surface area contributed by atoms with Gasteiger partial charge >= 0.3 is 0 Å². The lowest BCUT2D eigenvalue weighted by atomic mass is 10.1. The number of benzene rings is 1. The Morgan fingerprint density at radius 3 is 2.62 bits per heavy atom. The summed E-state index contributed by atoms with van der Waals surface area (Å²) in [7, 11) is 1.94. The molecule has 16 heavy (non-hydrogen) atoms. The van der Waals surface area contributed by atoms with E-state index >= 15 is 0 Å². The summed E-state index contributed by atoms with van der Waals surface area (Å²) in [5, 5.41) is 7.26. The highest BCUT2D eigenvalue weighted by atomic mass is 19.1. The Balaban J connectivity index is 2.98. The zero-order valence-electron chi connectivity index (χ0n) is 9.92. The Hall–Kier alpha value is -1.42. The lowest BCUT2D eigenvalue weighted by molar-refractivity contribution is 0.262. The summed E-state index contributed by atoms with van der Waals surface area (Å²) in [4.78, 5) is 2.03. The number of halogens is 1. The average Bonchev–Trinajstić information content (AvgIpc) is 2.20. The molecule has 0 saturated heterocycles. The number of nitrogens with one attached hydrogen (secondary N) is 1. The van der Waals surface area contributed by atoms with Gasteiger partial charge in [0.15, 0.2) is 0 Å². The van der Waals surface area contributed by atoms with Crippen LogP contribution in [0.15, 0.2) is 18.2 Å². The van der Waals surface area contributed by atoms with Gasteiger partial charge in [-0.1, -0.05) is 12.1 Å². The Bertz CT molecular complexity index is 388. The van der Waals surface area contributed by atoms with Crippen LogP contribution in [0, 0.1) is 11.2 Å². The molecule has 0 radical (unpaired) electrons. The average molecular weight is 223 g/mol. The van der Waals surface area contributed by atoms with Crippen molar-refractivity contribution in [2.45, 2.75) is 26.4 Å². The summed E-state index contributed by atoms with van der Waals surface area (Å²) >= 11 is 0. The van der Waals surface area contributed by atoms with E-state index < -0.39 is 0 Å². The van der Waals surface area contributed by atoms with Crippen LogP contribution in [0.3, 0.4) is 0 Å². The van der Waals surface area contributed by atoms with Crippen molar-refractivity contribution in [3.05, 3.63) is 35.1 Å². The van der Waals surface area contributed by atoms with Crippen LogP contribution in [-0.2, 0) is 6.54 Å². The topological polar surface area (TPSA) is 53.1 Å². The molecule has 0 heterocycles. The van der Waals surface area contributed by atoms with Crippen LogP contribution >= 0.6 is 0 Å². The third-order valence-electron chi connectivity index (χ3n) is 2.67. The highest BCUT2D eigenvalue weighted by molar-refractivity contribution is 5.95. The van der Waals surface area contributed by atoms with Crippen molar-refractivity contribution in [1.82, 2.24) is 4.90 Å². The van der Waals surface area contributed by atoms with Crippen molar-refractivity contribution in [2.24, 2.45) is 5.73 Å². The molecule has 0 aliphatic carbocycles. The van der Waals surface area contributed by atoms with Gasteiger partial charge in [0, 0.05) is 18.2 Å². The van der Waals surface area contributed by atoms with Crippen LogP contribution in [0.25, 0.3) is 0 Å². The molecule has 0 spiro atoms. The van der Waals surface area contributed by atoms with Crippen LogP contribution in [0.2, 0.25) is 0 Å². The second-order valence-electron chi connectivity index (χ2n) is 4.20. The fourth-order valence-electron chi connectivity index (χ4n) is 1.36. The maximum absolute atomic E-state index is 13.9. The van der Waals surface area contributed by atoms with E-state index in [1.807, 2.05) is 25.8 Å². The zero-order valence-corrected chi connectivity index (χ0v) is 9.92. The van der Waals surface area contributed by atoms with Crippen LogP contribution in [-0.4, -0.2) is 23.8 Å². The SMILES string of the molecule is CC(C)N(C)Cc1cccc(C(=N)N)c1F. The monoisotopic (exact) mass is 223 g/mol. The first-order chi connectivity index (χ1) is 7.43. The Morgan fingerprint density at radius 1 is 1.50 bits per heavy atom. The summed E-state index contributed by atoms with van der Waals surface area (Å²) in [6, 6.07) is 5.32. The van der Waals surface area contributed by atoms with E-state index in [4.69, 9.17) is 11.1 Å². The molecule has 0 saturated carbocycles. The molecule has 88 valence electrons. The van der Waals surface area contributed by atoms with Gasteiger partial charge in [-0.05, 0) is 27.0 Å². The predicted octanol–water partition coefficient (Wildman–Crippen LogP) is 1.95. The minimum Gasteiger partial charge on any atom is -0.384 e. The minimum atomic E-state index is -0.387. The minimum absolute atomic E-state index is 0.176. The van der Waals surface area contributed by atoms with Crippen LogP contribution in [0.5, 0.6) is 0 Å². The second kappa shape index (κ2) is 5.07. The third-order valence-corrected chi connectivity index (χ3v) is 2.67. The first-order valence-corrected chi connectivity index (χ1v) is 5.25. The number of nitrogen functional groups attached to an aromatic ring is 1. The predicted molar refractivity (Wildman–Crippen MR) is 64.0 cm³/mol. The third kappa shape index (κ3) is 2.79. The molecule has 0 aromatic heterocycles. The molecule has 4 heteroatoms. The van der Waals surface area contributed by atoms with Gasteiger partial charge < -0.3 is 5.73 Å². The van der Waals surface area contributed by atoms with Gasteiger partial charge in [0.05, 0.1) is 5.56 Å². The molecule has 1 aromatic rings. The smallest absolute Gasteiger partial charge is 0.138 e. The summed E-state index contributed by atoms with van der Waals surface area (Å²) in [5.74, 6) is -0.617. The molecule has 0 amide bonds. The van der Waals surface area contributed by atoms with Crippen molar-refractivity contribution in [1.29, 1.82) is 5.41 Å². The van der Waals surface area contributed by atoms with Crippen molar-refractivity contribution in [2.75, 3.05) is 7.05 Å². The summed E-state index contributed by atoms with van der Waals surface area (Å²) in [5.41, 5.74) is 6.05. The Kier molecular flexibility index (Phi) is 4.01. The second-order valence-corrected chi connectivity index (χ2v) is 4.20. The van der Waals surface area contributed by atoms with Gasteiger partial charge in [-0.15, -0.1) is 0 Å². The van der Waals surface area contributed by atoms with Crippen molar-refractivity contribution in [3.63, 3.8) is 0 Å². The standard InChI is InChI=1S/C12H18FN3/c1-8(2)16(3)7-9-5-4-6-10(11(9)13)12(14)15/h4-6,8H,7H2,1-3H3,(H3,14,15). The van der Waals surface area contributed by atoms with E-state index in [-0.39, 0.29) is 17.2 Å². The number of nitrogens with zero attached hydrogens (tertiary/aromatic N) is 1. The van der Waals surface area contributed by atoms with E-state index in [0.717, 1.165) is 0 Å². The first-order valence-electron chi connectivity index (χ1n) is 5.25.